The molecule has 2 N–H and O–H groups in total. The minimum atomic E-state index is -0.457. The summed E-state index contributed by atoms with van der Waals surface area (Å²) in [6, 6.07) is 0.419. The molecular formula is C20H38N4O2. The van der Waals surface area contributed by atoms with Gasteiger partial charge < -0.3 is 20.3 Å². The molecule has 1 saturated carbocycles. The number of piperidine rings is 1. The van der Waals surface area contributed by atoms with Crippen LogP contribution < -0.4 is 10.6 Å². The molecule has 150 valence electrons. The minimum Gasteiger partial charge on any atom is -0.459 e. The first-order chi connectivity index (χ1) is 12.4. The first-order valence-electron chi connectivity index (χ1n) is 10.3. The van der Waals surface area contributed by atoms with Crippen molar-refractivity contribution in [3.05, 3.63) is 0 Å². The van der Waals surface area contributed by atoms with E-state index in [1.807, 2.05) is 20.8 Å². The molecule has 6 nitrogen and oxygen atoms in total. The zero-order valence-corrected chi connectivity index (χ0v) is 17.1. The van der Waals surface area contributed by atoms with Crippen molar-refractivity contribution in [2.24, 2.45) is 10.9 Å². The Morgan fingerprint density at radius 1 is 1.12 bits per heavy atom. The fraction of sp³-hybridized carbons (Fsp3) is 0.900. The predicted molar refractivity (Wildman–Crippen MR) is 106 cm³/mol. The van der Waals surface area contributed by atoms with Gasteiger partial charge in [0, 0.05) is 32.7 Å². The zero-order chi connectivity index (χ0) is 19.0. The molecule has 0 unspecified atom stereocenters. The second kappa shape index (κ2) is 10.1. The van der Waals surface area contributed by atoms with Crippen molar-refractivity contribution in [2.45, 2.75) is 77.4 Å². The lowest BCUT2D eigenvalue weighted by atomic mass is 9.88. The Morgan fingerprint density at radius 3 is 2.35 bits per heavy atom. The monoisotopic (exact) mass is 366 g/mol. The van der Waals surface area contributed by atoms with E-state index in [0.717, 1.165) is 31.8 Å². The molecule has 1 aliphatic heterocycles. The summed E-state index contributed by atoms with van der Waals surface area (Å²) in [6.45, 7) is 9.33. The Hall–Kier alpha value is -1.30. The van der Waals surface area contributed by atoms with Gasteiger partial charge in [0.05, 0.1) is 0 Å². The molecule has 0 aromatic carbocycles. The molecule has 2 rings (SSSR count). The Balaban J connectivity index is 1.65. The molecule has 0 atom stereocenters. The highest BCUT2D eigenvalue weighted by Crippen LogP contribution is 2.25. The lowest BCUT2D eigenvalue weighted by Gasteiger charge is -2.36. The Bertz CT molecular complexity index is 459. The van der Waals surface area contributed by atoms with Crippen LogP contribution >= 0.6 is 0 Å². The lowest BCUT2D eigenvalue weighted by molar-refractivity contribution is -0.153. The van der Waals surface area contributed by atoms with Gasteiger partial charge in [0.25, 0.3) is 0 Å². The molecule has 2 fully saturated rings. The molecule has 0 spiro atoms. The van der Waals surface area contributed by atoms with Gasteiger partial charge in [-0.15, -0.1) is 0 Å². The Morgan fingerprint density at radius 2 is 1.77 bits per heavy atom. The Labute approximate surface area is 159 Å². The zero-order valence-electron chi connectivity index (χ0n) is 17.1. The van der Waals surface area contributed by atoms with E-state index in [1.165, 1.54) is 38.6 Å². The molecule has 1 saturated heterocycles. The lowest BCUT2D eigenvalue weighted by Crippen LogP contribution is -2.50. The third-order valence-electron chi connectivity index (χ3n) is 5.21. The van der Waals surface area contributed by atoms with Crippen LogP contribution in [0.3, 0.4) is 0 Å². The molecule has 26 heavy (non-hydrogen) atoms. The maximum Gasteiger partial charge on any atom is 0.325 e. The highest BCUT2D eigenvalue weighted by molar-refractivity contribution is 5.84. The smallest absolute Gasteiger partial charge is 0.325 e. The van der Waals surface area contributed by atoms with E-state index in [9.17, 15) is 4.79 Å². The van der Waals surface area contributed by atoms with Gasteiger partial charge in [-0.05, 0) is 52.4 Å². The van der Waals surface area contributed by atoms with Crippen molar-refractivity contribution in [3.63, 3.8) is 0 Å². The van der Waals surface area contributed by atoms with Crippen molar-refractivity contribution in [1.29, 1.82) is 0 Å². The maximum atomic E-state index is 11.8. The fourth-order valence-electron chi connectivity index (χ4n) is 3.92. The molecule has 1 heterocycles. The van der Waals surface area contributed by atoms with Gasteiger partial charge in [-0.25, -0.2) is 0 Å². The van der Waals surface area contributed by atoms with Crippen LogP contribution in [-0.2, 0) is 9.53 Å². The van der Waals surface area contributed by atoms with Crippen LogP contribution in [0.5, 0.6) is 0 Å². The predicted octanol–water partition coefficient (Wildman–Crippen LogP) is 2.54. The number of hydrogen-bond acceptors (Lipinski definition) is 4. The van der Waals surface area contributed by atoms with E-state index in [4.69, 9.17) is 4.74 Å². The summed E-state index contributed by atoms with van der Waals surface area (Å²) < 4.78 is 5.32. The van der Waals surface area contributed by atoms with Gasteiger partial charge in [-0.3, -0.25) is 9.79 Å². The molecule has 0 bridgehead atoms. The van der Waals surface area contributed by atoms with Crippen LogP contribution in [0.25, 0.3) is 0 Å². The van der Waals surface area contributed by atoms with Crippen LogP contribution in [0.15, 0.2) is 4.99 Å². The van der Waals surface area contributed by atoms with Crippen molar-refractivity contribution in [1.82, 2.24) is 15.5 Å². The number of nitrogens with zero attached hydrogens (tertiary/aromatic N) is 2. The molecule has 2 aliphatic rings. The molecule has 1 aliphatic carbocycles. The van der Waals surface area contributed by atoms with Crippen molar-refractivity contribution in [2.75, 3.05) is 33.2 Å². The summed E-state index contributed by atoms with van der Waals surface area (Å²) in [6.07, 6.45) is 9.35. The number of hydrogen-bond donors (Lipinski definition) is 2. The highest BCUT2D eigenvalue weighted by Gasteiger charge is 2.23. The van der Waals surface area contributed by atoms with Crippen LogP contribution in [0.2, 0.25) is 0 Å². The summed E-state index contributed by atoms with van der Waals surface area (Å²) >= 11 is 0. The number of ether oxygens (including phenoxy) is 1. The second-order valence-electron chi connectivity index (χ2n) is 8.74. The number of carbonyl (C=O) groups excluding carboxylic acids is 1. The van der Waals surface area contributed by atoms with E-state index < -0.39 is 5.60 Å². The summed E-state index contributed by atoms with van der Waals surface area (Å²) in [7, 11) is 1.74. The number of carbonyl (C=O) groups is 1. The fourth-order valence-corrected chi connectivity index (χ4v) is 3.92. The van der Waals surface area contributed by atoms with E-state index in [0.29, 0.717) is 12.0 Å². The number of nitrogens with one attached hydrogen (secondary N) is 2. The van der Waals surface area contributed by atoms with Crippen molar-refractivity contribution >= 4 is 11.9 Å². The average molecular weight is 367 g/mol. The van der Waals surface area contributed by atoms with Gasteiger partial charge in [0.15, 0.2) is 5.96 Å². The van der Waals surface area contributed by atoms with Crippen molar-refractivity contribution < 1.29 is 9.53 Å². The first kappa shape index (κ1) is 21.0. The van der Waals surface area contributed by atoms with Crippen LogP contribution in [0, 0.1) is 5.92 Å². The van der Waals surface area contributed by atoms with Gasteiger partial charge in [0.2, 0.25) is 0 Å². The van der Waals surface area contributed by atoms with Crippen LogP contribution in [-0.4, -0.2) is 61.7 Å². The van der Waals surface area contributed by atoms with Crippen molar-refractivity contribution in [3.8, 4) is 0 Å². The number of aliphatic imine (C=N–C) groups is 1. The molecule has 0 amide bonds. The van der Waals surface area contributed by atoms with Gasteiger partial charge >= 0.3 is 5.97 Å². The first-order valence-corrected chi connectivity index (χ1v) is 10.3. The van der Waals surface area contributed by atoms with E-state index >= 15 is 0 Å². The summed E-state index contributed by atoms with van der Waals surface area (Å²) in [5, 5.41) is 6.52. The Kier molecular flexibility index (Phi) is 8.19. The number of rotatable bonds is 5. The van der Waals surface area contributed by atoms with E-state index in [2.05, 4.69) is 20.5 Å². The average Bonchev–Trinajstić information content (AvgIpc) is 2.59. The second-order valence-corrected chi connectivity index (χ2v) is 8.74. The number of guanidine groups is 1. The molecular weight excluding hydrogens is 328 g/mol. The SMILES string of the molecule is CN=C(NCC(=O)OC(C)(C)C)NC1CCN(CC2CCCCC2)CC1. The third kappa shape index (κ3) is 7.94. The number of likely N-dealkylation sites (tertiary alicyclic amines) is 1. The van der Waals surface area contributed by atoms with Crippen LogP contribution in [0.4, 0.5) is 0 Å². The molecule has 0 radical (unpaired) electrons. The molecule has 6 heteroatoms. The summed E-state index contributed by atoms with van der Waals surface area (Å²) in [4.78, 5) is 18.7. The standard InChI is InChI=1S/C20H38N4O2/c1-20(2,3)26-18(25)14-22-19(21-4)23-17-10-12-24(13-11-17)15-16-8-6-5-7-9-16/h16-17H,5-15H2,1-4H3,(H2,21,22,23). The molecule has 0 aromatic rings. The van der Waals surface area contributed by atoms with Crippen LogP contribution in [0.1, 0.15) is 65.7 Å². The minimum absolute atomic E-state index is 0.136. The molecule has 0 aromatic heterocycles. The van der Waals surface area contributed by atoms with Gasteiger partial charge in [-0.2, -0.15) is 0 Å². The third-order valence-corrected chi connectivity index (χ3v) is 5.21. The quantitative estimate of drug-likeness (QED) is 0.445. The summed E-state index contributed by atoms with van der Waals surface area (Å²) in [5.74, 6) is 1.33. The number of esters is 1. The topological polar surface area (TPSA) is 66.0 Å². The van der Waals surface area contributed by atoms with Gasteiger partial charge in [-0.1, -0.05) is 19.3 Å². The highest BCUT2D eigenvalue weighted by atomic mass is 16.6. The normalized spacial score (nSPS) is 21.5. The largest absolute Gasteiger partial charge is 0.459 e. The summed E-state index contributed by atoms with van der Waals surface area (Å²) in [5.41, 5.74) is -0.457. The van der Waals surface area contributed by atoms with E-state index in [1.54, 1.807) is 7.05 Å². The van der Waals surface area contributed by atoms with Gasteiger partial charge in [0.1, 0.15) is 12.1 Å². The van der Waals surface area contributed by atoms with E-state index in [-0.39, 0.29) is 12.5 Å². The maximum absolute atomic E-state index is 11.8.